The van der Waals surface area contributed by atoms with Crippen molar-refractivity contribution in [1.82, 2.24) is 20.4 Å². The molecule has 0 saturated heterocycles. The zero-order valence-electron chi connectivity index (χ0n) is 12.5. The Morgan fingerprint density at radius 3 is 2.36 bits per heavy atom. The topological polar surface area (TPSA) is 96.3 Å². The number of aromatic carboxylic acids is 1. The number of nitrogens with zero attached hydrogens (tertiary/aromatic N) is 2. The molecule has 0 fully saturated rings. The molecule has 7 heteroatoms. The third-order valence-corrected chi connectivity index (χ3v) is 3.18. The molecule has 1 aromatic heterocycles. The lowest BCUT2D eigenvalue weighted by molar-refractivity contribution is 0.0697. The lowest BCUT2D eigenvalue weighted by Gasteiger charge is -2.08. The average Bonchev–Trinajstić information content (AvgIpc) is 2.81. The summed E-state index contributed by atoms with van der Waals surface area (Å²) in [5.41, 5.74) is 2.87. The number of benzene rings is 1. The van der Waals surface area contributed by atoms with E-state index in [0.29, 0.717) is 13.1 Å². The predicted octanol–water partition coefficient (Wildman–Crippen LogP) is 1.43. The smallest absolute Gasteiger partial charge is 0.335 e. The third-order valence-electron chi connectivity index (χ3n) is 3.18. The molecule has 0 radical (unpaired) electrons. The van der Waals surface area contributed by atoms with Crippen molar-refractivity contribution in [3.63, 3.8) is 0 Å². The van der Waals surface area contributed by atoms with Crippen LogP contribution in [0.25, 0.3) is 0 Å². The van der Waals surface area contributed by atoms with Crippen molar-refractivity contribution in [1.29, 1.82) is 0 Å². The van der Waals surface area contributed by atoms with E-state index in [0.717, 1.165) is 17.0 Å². The largest absolute Gasteiger partial charge is 0.478 e. The van der Waals surface area contributed by atoms with Crippen LogP contribution in [0.4, 0.5) is 4.79 Å². The van der Waals surface area contributed by atoms with Crippen LogP contribution in [0, 0.1) is 6.92 Å². The normalized spacial score (nSPS) is 10.3. The van der Waals surface area contributed by atoms with Gasteiger partial charge in [-0.2, -0.15) is 5.10 Å². The van der Waals surface area contributed by atoms with Crippen LogP contribution in [0.1, 0.15) is 27.3 Å². The van der Waals surface area contributed by atoms with Crippen LogP contribution >= 0.6 is 0 Å². The average molecular weight is 302 g/mol. The molecular weight excluding hydrogens is 284 g/mol. The van der Waals surface area contributed by atoms with Crippen LogP contribution in [0.5, 0.6) is 0 Å². The number of urea groups is 1. The first kappa shape index (κ1) is 15.6. The van der Waals surface area contributed by atoms with Gasteiger partial charge in [-0.15, -0.1) is 0 Å². The van der Waals surface area contributed by atoms with Crippen LogP contribution in [0.2, 0.25) is 0 Å². The fourth-order valence-corrected chi connectivity index (χ4v) is 2.01. The number of nitrogens with one attached hydrogen (secondary N) is 2. The zero-order chi connectivity index (χ0) is 16.1. The van der Waals surface area contributed by atoms with Gasteiger partial charge in [0.15, 0.2) is 0 Å². The molecule has 1 aromatic carbocycles. The number of aryl methyl sites for hydroxylation is 2. The molecule has 7 nitrogen and oxygen atoms in total. The van der Waals surface area contributed by atoms with E-state index in [1.807, 2.05) is 20.0 Å². The van der Waals surface area contributed by atoms with Crippen LogP contribution in [-0.4, -0.2) is 26.9 Å². The van der Waals surface area contributed by atoms with Gasteiger partial charge in [-0.1, -0.05) is 12.1 Å². The highest BCUT2D eigenvalue weighted by molar-refractivity contribution is 5.87. The Bertz CT molecular complexity index is 677. The molecule has 0 aliphatic heterocycles. The second-order valence-corrected chi connectivity index (χ2v) is 4.94. The van der Waals surface area contributed by atoms with Crippen molar-refractivity contribution in [3.05, 3.63) is 52.8 Å². The maximum atomic E-state index is 11.7. The van der Waals surface area contributed by atoms with E-state index in [1.165, 1.54) is 12.1 Å². The van der Waals surface area contributed by atoms with Gasteiger partial charge in [-0.3, -0.25) is 4.68 Å². The molecule has 0 atom stereocenters. The first-order valence-electron chi connectivity index (χ1n) is 6.79. The third kappa shape index (κ3) is 4.08. The number of carbonyl (C=O) groups is 2. The maximum Gasteiger partial charge on any atom is 0.335 e. The van der Waals surface area contributed by atoms with E-state index in [1.54, 1.807) is 16.8 Å². The minimum absolute atomic E-state index is 0.222. The van der Waals surface area contributed by atoms with Gasteiger partial charge in [0.1, 0.15) is 0 Å². The summed E-state index contributed by atoms with van der Waals surface area (Å²) in [5.74, 6) is -0.969. The summed E-state index contributed by atoms with van der Waals surface area (Å²) in [6.07, 6.45) is 0. The van der Waals surface area contributed by atoms with Crippen LogP contribution < -0.4 is 10.6 Å². The standard InChI is InChI=1S/C15H18N4O3/c1-10-7-13(19(2)18-10)9-17-15(22)16-8-11-3-5-12(6-4-11)14(20)21/h3-7H,8-9H2,1-2H3,(H,20,21)(H2,16,17,22). The van der Waals surface area contributed by atoms with E-state index in [4.69, 9.17) is 5.11 Å². The second kappa shape index (κ2) is 6.75. The van der Waals surface area contributed by atoms with E-state index in [-0.39, 0.29) is 11.6 Å². The Morgan fingerprint density at radius 1 is 1.18 bits per heavy atom. The van der Waals surface area contributed by atoms with Gasteiger partial charge >= 0.3 is 12.0 Å². The number of aromatic nitrogens is 2. The first-order valence-corrected chi connectivity index (χ1v) is 6.79. The van der Waals surface area contributed by atoms with Crippen molar-refractivity contribution < 1.29 is 14.7 Å². The van der Waals surface area contributed by atoms with E-state index in [2.05, 4.69) is 15.7 Å². The molecule has 2 rings (SSSR count). The maximum absolute atomic E-state index is 11.7. The number of rotatable bonds is 5. The molecule has 2 aromatic rings. The molecule has 3 N–H and O–H groups in total. The number of carbonyl (C=O) groups excluding carboxylic acids is 1. The van der Waals surface area contributed by atoms with Crippen molar-refractivity contribution in [3.8, 4) is 0 Å². The number of carboxylic acid groups (broad SMARTS) is 1. The fourth-order valence-electron chi connectivity index (χ4n) is 2.01. The zero-order valence-corrected chi connectivity index (χ0v) is 12.5. The highest BCUT2D eigenvalue weighted by Crippen LogP contribution is 2.04. The lowest BCUT2D eigenvalue weighted by Crippen LogP contribution is -2.35. The number of hydrogen-bond donors (Lipinski definition) is 3. The molecule has 0 unspecified atom stereocenters. The van der Waals surface area contributed by atoms with Gasteiger partial charge in [0, 0.05) is 13.6 Å². The Hall–Kier alpha value is -2.83. The van der Waals surface area contributed by atoms with Gasteiger partial charge in [0.05, 0.1) is 23.5 Å². The molecule has 0 saturated carbocycles. The summed E-state index contributed by atoms with van der Waals surface area (Å²) in [5, 5.41) is 18.5. The molecule has 1 heterocycles. The van der Waals surface area contributed by atoms with Crippen molar-refractivity contribution in [2.45, 2.75) is 20.0 Å². The van der Waals surface area contributed by atoms with E-state index < -0.39 is 5.97 Å². The number of amides is 2. The molecule has 116 valence electrons. The summed E-state index contributed by atoms with van der Waals surface area (Å²) in [6, 6.07) is 7.99. The van der Waals surface area contributed by atoms with Gasteiger partial charge < -0.3 is 15.7 Å². The van der Waals surface area contributed by atoms with Crippen molar-refractivity contribution in [2.24, 2.45) is 7.05 Å². The van der Waals surface area contributed by atoms with E-state index >= 15 is 0 Å². The second-order valence-electron chi connectivity index (χ2n) is 4.94. The summed E-state index contributed by atoms with van der Waals surface area (Å²) in [6.45, 7) is 2.61. The number of carboxylic acids is 1. The Balaban J connectivity index is 1.80. The summed E-state index contributed by atoms with van der Waals surface area (Å²) in [7, 11) is 1.83. The van der Waals surface area contributed by atoms with Gasteiger partial charge in [0.2, 0.25) is 0 Å². The Kier molecular flexibility index (Phi) is 4.77. The summed E-state index contributed by atoms with van der Waals surface area (Å²) in [4.78, 5) is 22.5. The van der Waals surface area contributed by atoms with Gasteiger partial charge in [-0.25, -0.2) is 9.59 Å². The highest BCUT2D eigenvalue weighted by Gasteiger charge is 2.06. The highest BCUT2D eigenvalue weighted by atomic mass is 16.4. The quantitative estimate of drug-likeness (QED) is 0.778. The van der Waals surface area contributed by atoms with E-state index in [9.17, 15) is 9.59 Å². The molecule has 0 spiro atoms. The molecule has 22 heavy (non-hydrogen) atoms. The molecule has 2 amide bonds. The molecule has 0 bridgehead atoms. The summed E-state index contributed by atoms with van der Waals surface area (Å²) < 4.78 is 1.72. The van der Waals surface area contributed by atoms with Crippen LogP contribution in [0.15, 0.2) is 30.3 Å². The Labute approximate surface area is 128 Å². The van der Waals surface area contributed by atoms with Crippen LogP contribution in [0.3, 0.4) is 0 Å². The number of hydrogen-bond acceptors (Lipinski definition) is 3. The van der Waals surface area contributed by atoms with Crippen LogP contribution in [-0.2, 0) is 20.1 Å². The summed E-state index contributed by atoms with van der Waals surface area (Å²) >= 11 is 0. The van der Waals surface area contributed by atoms with Gasteiger partial charge in [0.25, 0.3) is 0 Å². The molecule has 0 aliphatic carbocycles. The first-order chi connectivity index (χ1) is 10.5. The fraction of sp³-hybridized carbons (Fsp3) is 0.267. The minimum Gasteiger partial charge on any atom is -0.478 e. The Morgan fingerprint density at radius 2 is 1.82 bits per heavy atom. The van der Waals surface area contributed by atoms with Crippen molar-refractivity contribution in [2.75, 3.05) is 0 Å². The molecular formula is C15H18N4O3. The lowest BCUT2D eigenvalue weighted by atomic mass is 10.1. The minimum atomic E-state index is -0.969. The SMILES string of the molecule is Cc1cc(CNC(=O)NCc2ccc(C(=O)O)cc2)n(C)n1. The predicted molar refractivity (Wildman–Crippen MR) is 80.4 cm³/mol. The van der Waals surface area contributed by atoms with Gasteiger partial charge in [-0.05, 0) is 30.7 Å². The monoisotopic (exact) mass is 302 g/mol. The molecule has 0 aliphatic rings. The van der Waals surface area contributed by atoms with Crippen molar-refractivity contribution >= 4 is 12.0 Å².